The molecular weight excluding hydrogens is 244 g/mol. The Morgan fingerprint density at radius 2 is 1.72 bits per heavy atom. The highest BCUT2D eigenvalue weighted by molar-refractivity contribution is 6.30. The van der Waals surface area contributed by atoms with Gasteiger partial charge in [0, 0.05) is 17.5 Å². The van der Waals surface area contributed by atoms with Crippen molar-refractivity contribution in [2.24, 2.45) is 5.10 Å². The largest absolute Gasteiger partial charge is 0.309 e. The Morgan fingerprint density at radius 3 is 2.44 bits per heavy atom. The number of nitrogens with one attached hydrogen (secondary N) is 1. The van der Waals surface area contributed by atoms with Crippen molar-refractivity contribution in [1.82, 2.24) is 5.43 Å². The van der Waals surface area contributed by atoms with Gasteiger partial charge in [-0.05, 0) is 23.3 Å². The van der Waals surface area contributed by atoms with Crippen molar-refractivity contribution < 1.29 is 0 Å². The number of hydrazone groups is 1. The Bertz CT molecular complexity index is 561. The van der Waals surface area contributed by atoms with Crippen molar-refractivity contribution in [3.8, 4) is 0 Å². The molecule has 2 aromatic carbocycles. The Balaban J connectivity index is 1.94. The standard InChI is InChI=1S/C15H13ClN2/c16-13-8-6-12(7-9-13)15-14(10-17-18-15)11-4-2-1-3-5-11/h1-9,14,17H,10H2/t14-/m1/s1. The maximum Gasteiger partial charge on any atom is 0.0768 e. The van der Waals surface area contributed by atoms with Crippen LogP contribution >= 0.6 is 11.6 Å². The van der Waals surface area contributed by atoms with E-state index in [1.165, 1.54) is 5.56 Å². The van der Waals surface area contributed by atoms with E-state index in [0.29, 0.717) is 5.92 Å². The average Bonchev–Trinajstić information content (AvgIpc) is 2.90. The summed E-state index contributed by atoms with van der Waals surface area (Å²) in [5.74, 6) is 0.312. The molecule has 90 valence electrons. The number of hydrogen-bond donors (Lipinski definition) is 1. The second-order valence-corrected chi connectivity index (χ2v) is 4.77. The minimum absolute atomic E-state index is 0.312. The summed E-state index contributed by atoms with van der Waals surface area (Å²) in [5.41, 5.74) is 6.58. The molecule has 18 heavy (non-hydrogen) atoms. The van der Waals surface area contributed by atoms with Crippen molar-refractivity contribution in [3.05, 3.63) is 70.7 Å². The van der Waals surface area contributed by atoms with Crippen LogP contribution in [0.25, 0.3) is 0 Å². The van der Waals surface area contributed by atoms with Crippen LogP contribution in [-0.4, -0.2) is 12.3 Å². The van der Waals surface area contributed by atoms with E-state index in [4.69, 9.17) is 11.6 Å². The molecule has 0 aliphatic carbocycles. The minimum Gasteiger partial charge on any atom is -0.309 e. The topological polar surface area (TPSA) is 24.4 Å². The highest BCUT2D eigenvalue weighted by atomic mass is 35.5. The van der Waals surface area contributed by atoms with Crippen LogP contribution in [0.4, 0.5) is 0 Å². The van der Waals surface area contributed by atoms with Gasteiger partial charge in [-0.3, -0.25) is 0 Å². The summed E-state index contributed by atoms with van der Waals surface area (Å²) in [5, 5.41) is 5.17. The molecule has 0 aromatic heterocycles. The van der Waals surface area contributed by atoms with Crippen molar-refractivity contribution in [2.45, 2.75) is 5.92 Å². The molecule has 0 saturated heterocycles. The molecule has 3 heteroatoms. The molecule has 0 radical (unpaired) electrons. The Labute approximate surface area is 111 Å². The van der Waals surface area contributed by atoms with Gasteiger partial charge in [0.05, 0.1) is 5.71 Å². The summed E-state index contributed by atoms with van der Waals surface area (Å²) in [6.07, 6.45) is 0. The third-order valence-electron chi connectivity index (χ3n) is 3.17. The SMILES string of the molecule is Clc1ccc(C2=NNC[C@@H]2c2ccccc2)cc1. The predicted octanol–water partition coefficient (Wildman–Crippen LogP) is 3.43. The van der Waals surface area contributed by atoms with Gasteiger partial charge in [-0.25, -0.2) is 0 Å². The Hall–Kier alpha value is -1.80. The first kappa shape index (κ1) is 11.3. The monoisotopic (exact) mass is 256 g/mol. The Morgan fingerprint density at radius 1 is 1.00 bits per heavy atom. The van der Waals surface area contributed by atoms with Crippen LogP contribution in [0.15, 0.2) is 59.7 Å². The summed E-state index contributed by atoms with van der Waals surface area (Å²) >= 11 is 5.92. The summed E-state index contributed by atoms with van der Waals surface area (Å²) in [7, 11) is 0. The van der Waals surface area contributed by atoms with Crippen molar-refractivity contribution in [2.75, 3.05) is 6.54 Å². The Kier molecular flexibility index (Phi) is 3.03. The van der Waals surface area contributed by atoms with Gasteiger partial charge < -0.3 is 5.43 Å². The second kappa shape index (κ2) is 4.83. The van der Waals surface area contributed by atoms with E-state index in [-0.39, 0.29) is 0 Å². The van der Waals surface area contributed by atoms with Gasteiger partial charge >= 0.3 is 0 Å². The molecule has 1 aliphatic heterocycles. The van der Waals surface area contributed by atoms with Crippen molar-refractivity contribution >= 4 is 17.3 Å². The van der Waals surface area contributed by atoms with E-state index in [0.717, 1.165) is 22.8 Å². The molecule has 0 unspecified atom stereocenters. The first-order chi connectivity index (χ1) is 8.84. The molecule has 0 amide bonds. The van der Waals surface area contributed by atoms with Crippen LogP contribution in [-0.2, 0) is 0 Å². The molecule has 1 aliphatic rings. The molecular formula is C15H13ClN2. The molecule has 2 nitrogen and oxygen atoms in total. The van der Waals surface area contributed by atoms with Gasteiger partial charge in [-0.15, -0.1) is 0 Å². The van der Waals surface area contributed by atoms with Crippen molar-refractivity contribution in [1.29, 1.82) is 0 Å². The van der Waals surface area contributed by atoms with Crippen LogP contribution in [0.2, 0.25) is 5.02 Å². The number of hydrogen-bond acceptors (Lipinski definition) is 2. The maximum atomic E-state index is 5.92. The number of rotatable bonds is 2. The zero-order valence-corrected chi connectivity index (χ0v) is 10.6. The van der Waals surface area contributed by atoms with Crippen LogP contribution in [0.3, 0.4) is 0 Å². The summed E-state index contributed by atoms with van der Waals surface area (Å²) in [6.45, 7) is 0.849. The van der Waals surface area contributed by atoms with Gasteiger partial charge in [0.1, 0.15) is 0 Å². The van der Waals surface area contributed by atoms with E-state index in [1.807, 2.05) is 30.3 Å². The third kappa shape index (κ3) is 2.12. The zero-order valence-electron chi connectivity index (χ0n) is 9.81. The summed E-state index contributed by atoms with van der Waals surface area (Å²) in [4.78, 5) is 0. The van der Waals surface area contributed by atoms with Crippen LogP contribution in [0.1, 0.15) is 17.0 Å². The van der Waals surface area contributed by atoms with Gasteiger partial charge in [-0.2, -0.15) is 5.10 Å². The maximum absolute atomic E-state index is 5.92. The summed E-state index contributed by atoms with van der Waals surface area (Å²) in [6, 6.07) is 18.3. The third-order valence-corrected chi connectivity index (χ3v) is 3.42. The molecule has 1 atom stereocenters. The smallest absolute Gasteiger partial charge is 0.0768 e. The molecule has 3 rings (SSSR count). The first-order valence-electron chi connectivity index (χ1n) is 5.96. The van der Waals surface area contributed by atoms with Crippen LogP contribution < -0.4 is 5.43 Å². The molecule has 2 aromatic rings. The lowest BCUT2D eigenvalue weighted by Crippen LogP contribution is -2.14. The van der Waals surface area contributed by atoms with Crippen LogP contribution in [0.5, 0.6) is 0 Å². The zero-order chi connectivity index (χ0) is 12.4. The predicted molar refractivity (Wildman–Crippen MR) is 75.2 cm³/mol. The first-order valence-corrected chi connectivity index (χ1v) is 6.34. The van der Waals surface area contributed by atoms with E-state index < -0.39 is 0 Å². The van der Waals surface area contributed by atoms with Gasteiger partial charge in [0.15, 0.2) is 0 Å². The van der Waals surface area contributed by atoms with Gasteiger partial charge in [0.25, 0.3) is 0 Å². The fraction of sp³-hybridized carbons (Fsp3) is 0.133. The fourth-order valence-corrected chi connectivity index (χ4v) is 2.37. The van der Waals surface area contributed by atoms with Gasteiger partial charge in [0.2, 0.25) is 0 Å². The fourth-order valence-electron chi connectivity index (χ4n) is 2.24. The lowest BCUT2D eigenvalue weighted by atomic mass is 9.91. The highest BCUT2D eigenvalue weighted by Crippen LogP contribution is 2.25. The molecule has 0 bridgehead atoms. The number of nitrogens with zero attached hydrogens (tertiary/aromatic N) is 1. The van der Waals surface area contributed by atoms with E-state index in [1.54, 1.807) is 0 Å². The van der Waals surface area contributed by atoms with Crippen molar-refractivity contribution in [3.63, 3.8) is 0 Å². The lowest BCUT2D eigenvalue weighted by molar-refractivity contribution is 0.763. The molecule has 1 heterocycles. The minimum atomic E-state index is 0.312. The van der Waals surface area contributed by atoms with E-state index in [2.05, 4.69) is 34.8 Å². The quantitative estimate of drug-likeness (QED) is 0.875. The average molecular weight is 257 g/mol. The molecule has 1 N–H and O–H groups in total. The lowest BCUT2D eigenvalue weighted by Gasteiger charge is -2.12. The normalized spacial score (nSPS) is 18.3. The highest BCUT2D eigenvalue weighted by Gasteiger charge is 2.24. The van der Waals surface area contributed by atoms with Crippen LogP contribution in [0, 0.1) is 0 Å². The molecule has 0 saturated carbocycles. The van der Waals surface area contributed by atoms with Gasteiger partial charge in [-0.1, -0.05) is 54.1 Å². The number of halogens is 1. The number of benzene rings is 2. The van der Waals surface area contributed by atoms with E-state index >= 15 is 0 Å². The second-order valence-electron chi connectivity index (χ2n) is 4.33. The summed E-state index contributed by atoms with van der Waals surface area (Å²) < 4.78 is 0. The molecule has 0 spiro atoms. The molecule has 0 fully saturated rings. The van der Waals surface area contributed by atoms with E-state index in [9.17, 15) is 0 Å².